The van der Waals surface area contributed by atoms with Crippen LogP contribution in [0.1, 0.15) is 196 Å². The normalized spacial score (nSPS) is 12.1. The molecular formula is C82H93BrF18O22S5Si. The molecule has 0 atom stereocenters. The van der Waals surface area contributed by atoms with Gasteiger partial charge < -0.3 is 43.0 Å². The molecule has 0 bridgehead atoms. The van der Waals surface area contributed by atoms with Crippen LogP contribution in [0.2, 0.25) is 25.7 Å². The summed E-state index contributed by atoms with van der Waals surface area (Å²) in [7, 11) is -4.17. The van der Waals surface area contributed by atoms with Gasteiger partial charge in [0.15, 0.2) is 19.7 Å². The number of carbonyl (C=O) groups is 9. The zero-order valence-corrected chi connectivity index (χ0v) is 78.7. The minimum Gasteiger partial charge on any atom is -0.478 e. The summed E-state index contributed by atoms with van der Waals surface area (Å²) in [4.78, 5) is 102. The van der Waals surface area contributed by atoms with Crippen molar-refractivity contribution in [2.75, 3.05) is 58.6 Å². The number of halogens is 19. The summed E-state index contributed by atoms with van der Waals surface area (Å²) in [6, 6.07) is 16.4. The van der Waals surface area contributed by atoms with Gasteiger partial charge in [-0.25, -0.2) is 45.6 Å². The van der Waals surface area contributed by atoms with Gasteiger partial charge in [-0.1, -0.05) is 35.6 Å². The van der Waals surface area contributed by atoms with E-state index < -0.39 is 195 Å². The van der Waals surface area contributed by atoms with Gasteiger partial charge in [-0.2, -0.15) is 79.0 Å². The van der Waals surface area contributed by atoms with Crippen LogP contribution in [0.3, 0.4) is 0 Å². The summed E-state index contributed by atoms with van der Waals surface area (Å²) in [6.07, 6.45) is -27.9. The van der Waals surface area contributed by atoms with Crippen molar-refractivity contribution in [3.05, 3.63) is 180 Å². The smallest absolute Gasteiger partial charge is 0.416 e. The maximum atomic E-state index is 13.0. The predicted molar refractivity (Wildman–Crippen MR) is 446 cm³/mol. The van der Waals surface area contributed by atoms with E-state index in [1.807, 2.05) is 0 Å². The topological polar surface area (TPSA) is 316 Å². The highest BCUT2D eigenvalue weighted by Crippen LogP contribution is 2.40. The van der Waals surface area contributed by atoms with Gasteiger partial charge in [-0.3, -0.25) is 14.4 Å². The van der Waals surface area contributed by atoms with Gasteiger partial charge in [-0.15, -0.1) is 36.2 Å². The first-order chi connectivity index (χ1) is 58.4. The fourth-order valence-corrected chi connectivity index (χ4v) is 17.5. The second-order valence-electron chi connectivity index (χ2n) is 30.9. The number of ether oxygens (including phenoxy) is 8. The molecule has 22 nitrogen and oxygen atoms in total. The lowest BCUT2D eigenvalue weighted by Crippen LogP contribution is -2.24. The van der Waals surface area contributed by atoms with Gasteiger partial charge in [0.25, 0.3) is 0 Å². The van der Waals surface area contributed by atoms with Crippen molar-refractivity contribution in [1.29, 1.82) is 0 Å². The quantitative estimate of drug-likeness (QED) is 0.0102. The number of thioether (sulfide) groups is 2. The van der Waals surface area contributed by atoms with Gasteiger partial charge in [0.05, 0.1) is 124 Å². The van der Waals surface area contributed by atoms with E-state index >= 15 is 0 Å². The predicted octanol–water partition coefficient (Wildman–Crippen LogP) is 22.4. The Labute approximate surface area is 755 Å². The SMILES string of the molecule is CC(C)(C)OC(=O)CCCS(=O)(=O)c1cc(C(=O)O)cc(C(F)(F)F)c1.COC(=O)c1cc(Br)cc(C(F)(F)F)c1.COC(=O)c1cc(C(F)(F)F)cc(S(=O)(=O)CCCC(=O)OC(C)(C)C)c1.COC(=O)c1cc(S)cc(C(F)(F)F)c1.COC(=O)c1cc(SCCCC(=O)OC(C)(C)C)cc(C(F)(F)F)c1.COC(=O)c1cc(SCC[Si](C)(C)C)cc(C(F)(F)F)c1. The van der Waals surface area contributed by atoms with Crippen LogP contribution in [0.15, 0.2) is 138 Å². The van der Waals surface area contributed by atoms with Crippen molar-refractivity contribution in [1.82, 2.24) is 0 Å². The number of alkyl halides is 18. The molecule has 0 aliphatic carbocycles. The number of carboxylic acids is 1. The lowest BCUT2D eigenvalue weighted by atomic mass is 10.1. The molecule has 720 valence electrons. The molecule has 0 radical (unpaired) electrons. The van der Waals surface area contributed by atoms with Gasteiger partial charge in [-0.05, 0) is 208 Å². The van der Waals surface area contributed by atoms with E-state index in [1.54, 1.807) is 62.3 Å². The third-order valence-electron chi connectivity index (χ3n) is 15.2. The van der Waals surface area contributed by atoms with Crippen LogP contribution in [0, 0.1) is 0 Å². The number of hydrogen-bond acceptors (Lipinski definition) is 24. The number of sulfone groups is 2. The van der Waals surface area contributed by atoms with Gasteiger partial charge >= 0.3 is 90.8 Å². The highest BCUT2D eigenvalue weighted by atomic mass is 79.9. The number of esters is 8. The monoisotopic (exact) mass is 2040 g/mol. The average Bonchev–Trinajstić information content (AvgIpc) is 0.597. The largest absolute Gasteiger partial charge is 0.478 e. The van der Waals surface area contributed by atoms with Gasteiger partial charge in [0, 0.05) is 46.5 Å². The minimum atomic E-state index is -4.90. The molecule has 6 rings (SSSR count). The highest BCUT2D eigenvalue weighted by molar-refractivity contribution is 9.10. The van der Waals surface area contributed by atoms with E-state index in [9.17, 15) is 139 Å². The van der Waals surface area contributed by atoms with Crippen LogP contribution in [0.4, 0.5) is 79.0 Å². The molecule has 0 saturated heterocycles. The lowest BCUT2D eigenvalue weighted by molar-refractivity contribution is -0.155. The van der Waals surface area contributed by atoms with Crippen molar-refractivity contribution in [2.24, 2.45) is 0 Å². The fourth-order valence-electron chi connectivity index (χ4n) is 9.51. The second kappa shape index (κ2) is 49.4. The molecule has 0 aromatic heterocycles. The summed E-state index contributed by atoms with van der Waals surface area (Å²) >= 11 is 9.16. The average molecular weight is 2040 g/mol. The van der Waals surface area contributed by atoms with Gasteiger partial charge in [0.2, 0.25) is 0 Å². The molecule has 1 N–H and O–H groups in total. The van der Waals surface area contributed by atoms with Gasteiger partial charge in [0.1, 0.15) is 16.8 Å². The van der Waals surface area contributed by atoms with E-state index in [-0.39, 0.29) is 69.7 Å². The fraction of sp³-hybridized carbons (Fsp3) is 0.451. The Bertz CT molecular complexity index is 5030. The number of aromatic carboxylic acids is 1. The van der Waals surface area contributed by atoms with Crippen molar-refractivity contribution < 1.29 is 182 Å². The summed E-state index contributed by atoms with van der Waals surface area (Å²) in [5.41, 5.74) is -10.1. The third kappa shape index (κ3) is 46.0. The standard InChI is InChI=1S/C17H21F3O6S.C17H21F3O4S.C16H19F3O6S.C14H19F3O2SSi.C9H6BrF3O2.C9H7F3O2S/c1-16(2,3)26-14(21)6-5-7-27(23,24)13-9-11(15(22)25-4)8-12(10-13)17(18,19)20;1-16(2,3)24-14(21)6-5-7-25-13-9-11(15(22)23-4)8-12(10-13)17(18,19)20;1-15(2,3)25-13(20)5-4-6-26(23,24)12-8-10(14(21)22)7-11(9-12)16(17,18)19;1-19-13(18)10-7-11(14(15,16)17)9-12(8-10)20-5-6-21(2,3)4;1-15-8(14)5-2-6(9(11,12)13)4-7(10)3-5;1-14-8(13)5-2-6(9(10,11)12)4-7(15)3-5/h8-10H,5-7H2,1-4H3;8-10H,5-7H2,1-4H3;7-9H,4-6H2,1-3H3,(H,21,22);7-9H,5-6H2,1-4H3;2-4H,1H3;2-4,15H,1H3. The van der Waals surface area contributed by atoms with E-state index in [0.29, 0.717) is 52.3 Å². The number of benzene rings is 6. The Morgan fingerprint density at radius 2 is 0.612 bits per heavy atom. The molecule has 0 aliphatic rings. The number of hydrogen-bond donors (Lipinski definition) is 2. The summed E-state index contributed by atoms with van der Waals surface area (Å²) < 4.78 is 316. The molecule has 129 heavy (non-hydrogen) atoms. The van der Waals surface area contributed by atoms with Crippen LogP contribution in [0.5, 0.6) is 0 Å². The Morgan fingerprint density at radius 3 is 0.907 bits per heavy atom. The first-order valence-electron chi connectivity index (χ1n) is 37.1. The van der Waals surface area contributed by atoms with Crippen LogP contribution in [0.25, 0.3) is 0 Å². The van der Waals surface area contributed by atoms with E-state index in [0.717, 1.165) is 114 Å². The Balaban J connectivity index is 0.000000784. The van der Waals surface area contributed by atoms with Crippen LogP contribution in [-0.4, -0.2) is 159 Å². The summed E-state index contributed by atoms with van der Waals surface area (Å²) in [5.74, 6) is -7.62. The Morgan fingerprint density at radius 1 is 0.357 bits per heavy atom. The molecule has 0 aliphatic heterocycles. The molecular weight excluding hydrogens is 1950 g/mol. The minimum absolute atomic E-state index is 0.0604. The first-order valence-corrected chi connectivity index (χ1v) is 47.3. The van der Waals surface area contributed by atoms with E-state index in [4.69, 9.17) is 19.3 Å². The maximum Gasteiger partial charge on any atom is 0.416 e. The maximum absolute atomic E-state index is 13.0. The Hall–Kier alpha value is -9.06. The van der Waals surface area contributed by atoms with E-state index in [2.05, 4.69) is 71.9 Å². The summed E-state index contributed by atoms with van der Waals surface area (Å²) in [5, 5.41) is 8.90. The molecule has 0 fully saturated rings. The number of methoxy groups -OCH3 is 5. The van der Waals surface area contributed by atoms with E-state index in [1.165, 1.54) is 36.0 Å². The molecule has 0 unspecified atom stereocenters. The molecule has 47 heteroatoms. The zero-order valence-electron chi connectivity index (χ0n) is 72.0. The Kier molecular flexibility index (Phi) is 45.2. The molecule has 0 spiro atoms. The third-order valence-corrected chi connectivity index (χ3v) is 23.7. The van der Waals surface area contributed by atoms with Crippen molar-refractivity contribution in [3.8, 4) is 0 Å². The van der Waals surface area contributed by atoms with Crippen molar-refractivity contribution in [2.45, 2.75) is 205 Å². The second-order valence-corrected chi connectivity index (χ2v) is 44.6. The zero-order chi connectivity index (χ0) is 100. The van der Waals surface area contributed by atoms with Crippen LogP contribution >= 0.6 is 52.1 Å². The molecule has 0 saturated carbocycles. The molecule has 0 heterocycles. The number of carboxylic acid groups (broad SMARTS) is 1. The number of rotatable bonds is 25. The van der Waals surface area contributed by atoms with Crippen LogP contribution < -0.4 is 0 Å². The number of carbonyl (C=O) groups excluding carboxylic acids is 8. The molecule has 6 aromatic carbocycles. The molecule has 6 aromatic rings. The molecule has 0 amide bonds. The van der Waals surface area contributed by atoms with Crippen molar-refractivity contribution >= 4 is 134 Å². The van der Waals surface area contributed by atoms with Crippen molar-refractivity contribution in [3.63, 3.8) is 0 Å². The highest BCUT2D eigenvalue weighted by Gasteiger charge is 2.39. The first kappa shape index (κ1) is 118. The van der Waals surface area contributed by atoms with Crippen LogP contribution in [-0.2, 0) is 109 Å². The number of thiol groups is 1. The lowest BCUT2D eigenvalue weighted by Gasteiger charge is -2.19. The summed E-state index contributed by atoms with van der Waals surface area (Å²) in [6.45, 7) is 21.8.